The predicted octanol–water partition coefficient (Wildman–Crippen LogP) is 18.9. The van der Waals surface area contributed by atoms with Gasteiger partial charge < -0.3 is 0 Å². The Hall–Kier alpha value is -5.89. The van der Waals surface area contributed by atoms with Gasteiger partial charge in [-0.25, -0.2) is 0 Å². The molecule has 0 spiro atoms. The Balaban J connectivity index is 0.000000398. The molecule has 2 aliphatic rings. The summed E-state index contributed by atoms with van der Waals surface area (Å²) in [6.07, 6.45) is 7.84. The van der Waals surface area contributed by atoms with Gasteiger partial charge >= 0.3 is 374 Å². The molecule has 10 aromatic rings. The first-order chi connectivity index (χ1) is 36.2. The molecule has 1 fully saturated rings. The molecule has 1 aliphatic heterocycles. The van der Waals surface area contributed by atoms with Crippen molar-refractivity contribution in [3.63, 3.8) is 0 Å². The molecule has 7 heteroatoms. The minimum atomic E-state index is -0.418. The molecule has 2 N–H and O–H groups in total. The molecular formula is C68H72N2O2S2Ti-2. The van der Waals surface area contributed by atoms with Crippen LogP contribution >= 0.6 is 15.9 Å². The van der Waals surface area contributed by atoms with Gasteiger partial charge in [-0.1, -0.05) is 12.1 Å². The number of benzene rings is 8. The van der Waals surface area contributed by atoms with Gasteiger partial charge in [0, 0.05) is 0 Å². The summed E-state index contributed by atoms with van der Waals surface area (Å²) in [5.41, 5.74) is 13.1. The van der Waals surface area contributed by atoms with Crippen LogP contribution in [-0.2, 0) is 37.8 Å². The van der Waals surface area contributed by atoms with Gasteiger partial charge in [-0.05, 0) is 0 Å². The van der Waals surface area contributed by atoms with E-state index in [1.807, 2.05) is 60.7 Å². The van der Waals surface area contributed by atoms with Crippen LogP contribution in [-0.4, -0.2) is 29.8 Å². The first-order valence-corrected chi connectivity index (χ1v) is 33.5. The largest absolute Gasteiger partial charge is 0.199 e. The minimum Gasteiger partial charge on any atom is -0.199 e. The maximum Gasteiger partial charge on any atom is -0.0866 e. The molecule has 0 bridgehead atoms. The Morgan fingerprint density at radius 3 is 1.04 bits per heavy atom. The number of rotatable bonds is 6. The fraction of sp³-hybridized carbons (Fsp3) is 0.265. The Kier molecular flexibility index (Phi) is 15.7. The number of aromatic nitrogens is 2. The zero-order chi connectivity index (χ0) is 52.4. The molecule has 75 heavy (non-hydrogen) atoms. The molecule has 12 rings (SSSR count). The second kappa shape index (κ2) is 22.4. The van der Waals surface area contributed by atoms with E-state index in [-0.39, 0.29) is 26.8 Å². The number of phenolic OH excluding ortho intramolecular Hbond substituents is 2. The normalized spacial score (nSPS) is 17.7. The van der Waals surface area contributed by atoms with Crippen LogP contribution in [0, 0.1) is 13.8 Å². The number of hydrogen-bond donors (Lipinski definition) is 2. The summed E-state index contributed by atoms with van der Waals surface area (Å²) in [6.45, 7) is 21.3. The van der Waals surface area contributed by atoms with E-state index in [1.165, 1.54) is 71.2 Å². The first kappa shape index (κ1) is 52.6. The zero-order valence-electron chi connectivity index (χ0n) is 44.7. The molecule has 1 aliphatic carbocycles. The van der Waals surface area contributed by atoms with Crippen molar-refractivity contribution in [1.82, 2.24) is 9.13 Å². The zero-order valence-corrected chi connectivity index (χ0v) is 47.8. The second-order valence-corrected chi connectivity index (χ2v) is 33.9. The van der Waals surface area contributed by atoms with Crippen molar-refractivity contribution in [3.8, 4) is 22.9 Å². The molecule has 3 unspecified atom stereocenters. The summed E-state index contributed by atoms with van der Waals surface area (Å²) in [5.74, 6) is 2.79. The molecular weight excluding hydrogens is 989 g/mol. The van der Waals surface area contributed by atoms with E-state index in [0.29, 0.717) is 22.0 Å². The fourth-order valence-electron chi connectivity index (χ4n) is 11.0. The number of fused-ring (bicyclic) bond motifs is 7. The Morgan fingerprint density at radius 1 is 0.440 bits per heavy atom. The van der Waals surface area contributed by atoms with Crippen LogP contribution < -0.4 is 0 Å². The average Bonchev–Trinajstić information content (AvgIpc) is 4.01. The van der Waals surface area contributed by atoms with Crippen LogP contribution in [0.1, 0.15) is 113 Å². The molecule has 0 saturated heterocycles. The monoisotopic (exact) mass is 1060 g/mol. The van der Waals surface area contributed by atoms with Crippen LogP contribution in [0.2, 0.25) is 0 Å². The van der Waals surface area contributed by atoms with Gasteiger partial charge in [0.15, 0.2) is 0 Å². The number of nitrogens with zero attached hydrogens (tertiary/aromatic N) is 2. The summed E-state index contributed by atoms with van der Waals surface area (Å²) in [6, 6.07) is 63.6. The van der Waals surface area contributed by atoms with E-state index < -0.39 is 15.5 Å². The van der Waals surface area contributed by atoms with Gasteiger partial charge in [-0.3, -0.25) is 0 Å². The molecule has 0 radical (unpaired) electrons. The SMILES string of the molecule is CC(C)(C)c1cc(C[S]2=[Ti]=[S](Cc3cc(C(C)(C)C)cc(-n4c5ccccc5c5ccccc54)c3O)[C@H]3CCCCCCC32)c(O)c(-n2c3ccccc3c3ccccc32)c1.[CH2-]c1ccccc1.[CH2-]c1ccccc1. The van der Waals surface area contributed by atoms with Crippen LogP contribution in [0.3, 0.4) is 0 Å². The first-order valence-electron chi connectivity index (χ1n) is 26.8. The molecule has 4 nitrogen and oxygen atoms in total. The van der Waals surface area contributed by atoms with E-state index in [0.717, 1.165) is 67.2 Å². The van der Waals surface area contributed by atoms with Gasteiger partial charge in [0.2, 0.25) is 0 Å². The van der Waals surface area contributed by atoms with Crippen LogP contribution in [0.5, 0.6) is 11.5 Å². The number of para-hydroxylation sites is 4. The van der Waals surface area contributed by atoms with Gasteiger partial charge in [0.1, 0.15) is 0 Å². The predicted molar refractivity (Wildman–Crippen MR) is 322 cm³/mol. The van der Waals surface area contributed by atoms with Crippen LogP contribution in [0.25, 0.3) is 55.0 Å². The topological polar surface area (TPSA) is 50.3 Å². The Labute approximate surface area is 456 Å². The van der Waals surface area contributed by atoms with E-state index in [1.54, 1.807) is 0 Å². The number of phenols is 2. The van der Waals surface area contributed by atoms with Crippen molar-refractivity contribution in [2.45, 2.75) is 113 Å². The third-order valence-corrected chi connectivity index (χ3v) is 31.0. The van der Waals surface area contributed by atoms with Crippen molar-refractivity contribution >= 4 is 59.5 Å². The number of aromatic hydroxyl groups is 2. The van der Waals surface area contributed by atoms with Gasteiger partial charge in [-0.15, -0.1) is 24.3 Å². The molecule has 384 valence electrons. The van der Waals surface area contributed by atoms with Crippen molar-refractivity contribution in [3.05, 3.63) is 229 Å². The summed E-state index contributed by atoms with van der Waals surface area (Å²) in [4.78, 5) is 0. The smallest absolute Gasteiger partial charge is 0.0866 e. The molecule has 4 atom stereocenters. The maximum atomic E-state index is 12.6. The Bertz CT molecular complexity index is 3390. The third kappa shape index (κ3) is 11.2. The van der Waals surface area contributed by atoms with Crippen molar-refractivity contribution in [1.29, 1.82) is 0 Å². The Morgan fingerprint density at radius 2 is 0.747 bits per heavy atom. The van der Waals surface area contributed by atoms with Gasteiger partial charge in [0.25, 0.3) is 0 Å². The van der Waals surface area contributed by atoms with E-state index >= 15 is 0 Å². The molecule has 3 heterocycles. The fourth-order valence-corrected chi connectivity index (χ4v) is 31.9. The van der Waals surface area contributed by atoms with Crippen LogP contribution in [0.15, 0.2) is 182 Å². The average molecular weight is 1060 g/mol. The van der Waals surface area contributed by atoms with Crippen molar-refractivity contribution in [2.75, 3.05) is 0 Å². The van der Waals surface area contributed by atoms with Gasteiger partial charge in [-0.2, -0.15) is 49.2 Å². The maximum absolute atomic E-state index is 12.6. The summed E-state index contributed by atoms with van der Waals surface area (Å²) >= 11 is -0.418. The molecule has 2 aromatic heterocycles. The van der Waals surface area contributed by atoms with Crippen LogP contribution in [0.4, 0.5) is 0 Å². The van der Waals surface area contributed by atoms with E-state index in [4.69, 9.17) is 0 Å². The molecule has 0 amide bonds. The quantitative estimate of drug-likeness (QED) is 0.129. The van der Waals surface area contributed by atoms with E-state index in [9.17, 15) is 10.2 Å². The van der Waals surface area contributed by atoms with Crippen molar-refractivity contribution in [2.24, 2.45) is 0 Å². The summed E-state index contributed by atoms with van der Waals surface area (Å²) in [5, 5.41) is 31.4. The third-order valence-electron chi connectivity index (χ3n) is 15.1. The van der Waals surface area contributed by atoms with Gasteiger partial charge in [0.05, 0.1) is 0 Å². The summed E-state index contributed by atoms with van der Waals surface area (Å²) in [7, 11) is 0.416. The minimum absolute atomic E-state index is 0.0816. The standard InChI is InChI=1S/C54H58N2O2S2.2C7H7.Ti/c1-53(2,3)37-29-35(51(57)47(31-37)55-43-23-15-11-19-39(43)40-20-12-16-24-44(40)55)33-59-49-27-9-7-8-10-28-50(49)60-34-36-30-38(54(4,5)6)32-48(52(36)58)56-45-25-17-13-21-41(45)42-22-14-18-26-46(42)56;2*1-7-5-3-2-4-6-7;/h11-26,29-32,49-50,57-58H,7-10,27-28,33-34H2,1-6H3;2*2-6H,1H2;/q;2*-1;/t49-,50?;;;/m0.../s1. The number of hydrogen-bond acceptors (Lipinski definition) is 2. The summed E-state index contributed by atoms with van der Waals surface area (Å²) < 4.78 is 4.63. The second-order valence-electron chi connectivity index (χ2n) is 22.5. The van der Waals surface area contributed by atoms with E-state index in [2.05, 4.69) is 186 Å². The molecule has 8 aromatic carbocycles. The molecule has 1 saturated carbocycles. The van der Waals surface area contributed by atoms with Crippen molar-refractivity contribution < 1.29 is 25.7 Å².